The van der Waals surface area contributed by atoms with Gasteiger partial charge >= 0.3 is 0 Å². The summed E-state index contributed by atoms with van der Waals surface area (Å²) in [6.45, 7) is 5.61. The predicted molar refractivity (Wildman–Crippen MR) is 84.1 cm³/mol. The highest BCUT2D eigenvalue weighted by Gasteiger charge is 2.20. The second-order valence-electron chi connectivity index (χ2n) is 5.79. The van der Waals surface area contributed by atoms with Crippen molar-refractivity contribution < 1.29 is 9.13 Å². The van der Waals surface area contributed by atoms with E-state index < -0.39 is 0 Å². The van der Waals surface area contributed by atoms with Gasteiger partial charge in [0.15, 0.2) is 11.6 Å². The van der Waals surface area contributed by atoms with Gasteiger partial charge in [-0.15, -0.1) is 0 Å². The van der Waals surface area contributed by atoms with Crippen LogP contribution in [0.25, 0.3) is 0 Å². The van der Waals surface area contributed by atoms with Crippen LogP contribution in [0.5, 0.6) is 5.75 Å². The summed E-state index contributed by atoms with van der Waals surface area (Å²) in [6, 6.07) is 15.5. The Kier molecular flexibility index (Phi) is 4.97. The molecule has 0 heterocycles. The average molecular weight is 287 g/mol. The zero-order valence-corrected chi connectivity index (χ0v) is 12.8. The third kappa shape index (κ3) is 3.82. The summed E-state index contributed by atoms with van der Waals surface area (Å²) < 4.78 is 19.1. The maximum atomic E-state index is 14.1. The molecule has 2 aromatic carbocycles. The van der Waals surface area contributed by atoms with Gasteiger partial charge in [-0.3, -0.25) is 0 Å². The van der Waals surface area contributed by atoms with Crippen LogP contribution in [0.4, 0.5) is 4.39 Å². The van der Waals surface area contributed by atoms with Gasteiger partial charge in [-0.1, -0.05) is 56.3 Å². The normalized spacial score (nSPS) is 11.4. The van der Waals surface area contributed by atoms with Gasteiger partial charge in [0.25, 0.3) is 0 Å². The van der Waals surface area contributed by atoms with Gasteiger partial charge in [0, 0.05) is 24.1 Å². The van der Waals surface area contributed by atoms with E-state index in [2.05, 4.69) is 31.3 Å². The first-order chi connectivity index (χ1) is 10.0. The summed E-state index contributed by atoms with van der Waals surface area (Å²) in [4.78, 5) is 0. The van der Waals surface area contributed by atoms with Gasteiger partial charge < -0.3 is 10.1 Å². The molecule has 3 heteroatoms. The minimum atomic E-state index is -0.287. The fourth-order valence-corrected chi connectivity index (χ4v) is 2.35. The smallest absolute Gasteiger partial charge is 0.169 e. The van der Waals surface area contributed by atoms with Crippen molar-refractivity contribution in [2.24, 2.45) is 0 Å². The molecule has 2 rings (SSSR count). The third-order valence-electron chi connectivity index (χ3n) is 3.70. The molecule has 0 amide bonds. The molecule has 0 saturated carbocycles. The van der Waals surface area contributed by atoms with Crippen molar-refractivity contribution in [2.75, 3.05) is 13.7 Å². The Labute approximate surface area is 126 Å². The van der Waals surface area contributed by atoms with Crippen LogP contribution in [0.1, 0.15) is 25.0 Å². The van der Waals surface area contributed by atoms with E-state index in [1.54, 1.807) is 18.2 Å². The van der Waals surface area contributed by atoms with E-state index in [0.29, 0.717) is 12.1 Å². The van der Waals surface area contributed by atoms with Crippen molar-refractivity contribution in [3.05, 3.63) is 65.5 Å². The second-order valence-corrected chi connectivity index (χ2v) is 5.79. The fourth-order valence-electron chi connectivity index (χ4n) is 2.35. The monoisotopic (exact) mass is 287 g/mol. The van der Waals surface area contributed by atoms with Gasteiger partial charge in [-0.2, -0.15) is 0 Å². The lowest BCUT2D eigenvalue weighted by Gasteiger charge is -2.26. The number of hydrogen-bond acceptors (Lipinski definition) is 2. The zero-order chi connectivity index (χ0) is 15.3. The van der Waals surface area contributed by atoms with Gasteiger partial charge in [0.2, 0.25) is 0 Å². The molecule has 1 N–H and O–H groups in total. The van der Waals surface area contributed by atoms with Crippen molar-refractivity contribution in [1.29, 1.82) is 0 Å². The molecule has 0 fully saturated rings. The number of ether oxygens (including phenoxy) is 1. The highest BCUT2D eigenvalue weighted by atomic mass is 19.1. The average Bonchev–Trinajstić information content (AvgIpc) is 2.50. The van der Waals surface area contributed by atoms with E-state index in [1.807, 2.05) is 18.2 Å². The van der Waals surface area contributed by atoms with Gasteiger partial charge in [-0.25, -0.2) is 4.39 Å². The summed E-state index contributed by atoms with van der Waals surface area (Å²) in [7, 11) is 1.48. The zero-order valence-electron chi connectivity index (χ0n) is 12.8. The molecule has 0 unspecified atom stereocenters. The molecular formula is C18H22FNO. The SMILES string of the molecule is COc1cccc(CNCC(C)(C)c2ccccc2)c1F. The third-order valence-corrected chi connectivity index (χ3v) is 3.70. The Morgan fingerprint density at radius 1 is 1.05 bits per heavy atom. The van der Waals surface area contributed by atoms with Crippen LogP contribution >= 0.6 is 0 Å². The molecule has 0 spiro atoms. The first-order valence-electron chi connectivity index (χ1n) is 7.12. The largest absolute Gasteiger partial charge is 0.494 e. The maximum absolute atomic E-state index is 14.1. The van der Waals surface area contributed by atoms with E-state index in [4.69, 9.17) is 4.74 Å². The Hall–Kier alpha value is -1.87. The van der Waals surface area contributed by atoms with Gasteiger partial charge in [0.05, 0.1) is 7.11 Å². The number of benzene rings is 2. The molecule has 0 bridgehead atoms. The Balaban J connectivity index is 1.98. The van der Waals surface area contributed by atoms with Gasteiger partial charge in [-0.05, 0) is 11.6 Å². The van der Waals surface area contributed by atoms with E-state index in [-0.39, 0.29) is 17.0 Å². The number of nitrogens with one attached hydrogen (secondary N) is 1. The lowest BCUT2D eigenvalue weighted by atomic mass is 9.84. The number of rotatable bonds is 6. The van der Waals surface area contributed by atoms with Crippen molar-refractivity contribution >= 4 is 0 Å². The molecule has 0 radical (unpaired) electrons. The molecule has 0 saturated heterocycles. The molecule has 112 valence electrons. The Morgan fingerprint density at radius 3 is 2.43 bits per heavy atom. The van der Waals surface area contributed by atoms with Crippen LogP contribution in [-0.4, -0.2) is 13.7 Å². The minimum absolute atomic E-state index is 0.00337. The van der Waals surface area contributed by atoms with Crippen LogP contribution in [0.15, 0.2) is 48.5 Å². The van der Waals surface area contributed by atoms with Crippen LogP contribution in [-0.2, 0) is 12.0 Å². The van der Waals surface area contributed by atoms with Gasteiger partial charge in [0.1, 0.15) is 0 Å². The molecule has 0 aromatic heterocycles. The van der Waals surface area contributed by atoms with Crippen molar-refractivity contribution in [2.45, 2.75) is 25.8 Å². The maximum Gasteiger partial charge on any atom is 0.169 e. The highest BCUT2D eigenvalue weighted by molar-refractivity contribution is 5.31. The summed E-state index contributed by atoms with van der Waals surface area (Å²) in [5, 5.41) is 3.34. The van der Waals surface area contributed by atoms with Crippen molar-refractivity contribution in [3.63, 3.8) is 0 Å². The molecule has 0 aliphatic rings. The molecule has 0 atom stereocenters. The number of halogens is 1. The van der Waals surface area contributed by atoms with Crippen LogP contribution in [0.2, 0.25) is 0 Å². The first kappa shape index (κ1) is 15.5. The predicted octanol–water partition coefficient (Wildman–Crippen LogP) is 3.90. The van der Waals surface area contributed by atoms with E-state index in [1.165, 1.54) is 12.7 Å². The standard InChI is InChI=1S/C18H22FNO/c1-18(2,15-9-5-4-6-10-15)13-20-12-14-8-7-11-16(21-3)17(14)19/h4-11,20H,12-13H2,1-3H3. The molecular weight excluding hydrogens is 265 g/mol. The minimum Gasteiger partial charge on any atom is -0.494 e. The van der Waals surface area contributed by atoms with Crippen molar-refractivity contribution in [3.8, 4) is 5.75 Å². The Bertz CT molecular complexity index is 581. The fraction of sp³-hybridized carbons (Fsp3) is 0.333. The second kappa shape index (κ2) is 6.72. The lowest BCUT2D eigenvalue weighted by Crippen LogP contribution is -2.32. The number of hydrogen-bond donors (Lipinski definition) is 1. The highest BCUT2D eigenvalue weighted by Crippen LogP contribution is 2.23. The summed E-state index contributed by atoms with van der Waals surface area (Å²) >= 11 is 0. The number of methoxy groups -OCH3 is 1. The van der Waals surface area contributed by atoms with E-state index >= 15 is 0 Å². The Morgan fingerprint density at radius 2 is 1.76 bits per heavy atom. The molecule has 0 aliphatic carbocycles. The van der Waals surface area contributed by atoms with E-state index in [9.17, 15) is 4.39 Å². The topological polar surface area (TPSA) is 21.3 Å². The molecule has 0 aliphatic heterocycles. The summed E-state index contributed by atoms with van der Waals surface area (Å²) in [6.07, 6.45) is 0. The van der Waals surface area contributed by atoms with Crippen LogP contribution in [0.3, 0.4) is 0 Å². The van der Waals surface area contributed by atoms with E-state index in [0.717, 1.165) is 6.54 Å². The summed E-state index contributed by atoms with van der Waals surface area (Å²) in [5.74, 6) is 0.00152. The van der Waals surface area contributed by atoms with Crippen LogP contribution in [0, 0.1) is 5.82 Å². The van der Waals surface area contributed by atoms with Crippen LogP contribution < -0.4 is 10.1 Å². The molecule has 21 heavy (non-hydrogen) atoms. The summed E-state index contributed by atoms with van der Waals surface area (Å²) in [5.41, 5.74) is 1.89. The lowest BCUT2D eigenvalue weighted by molar-refractivity contribution is 0.382. The molecule has 2 aromatic rings. The van der Waals surface area contributed by atoms with Crippen molar-refractivity contribution in [1.82, 2.24) is 5.32 Å². The molecule has 2 nitrogen and oxygen atoms in total. The first-order valence-corrected chi connectivity index (χ1v) is 7.12. The quantitative estimate of drug-likeness (QED) is 0.870.